The third-order valence-electron chi connectivity index (χ3n) is 7.57. The summed E-state index contributed by atoms with van der Waals surface area (Å²) in [5.74, 6) is 2.19. The Hall–Kier alpha value is -1.77. The number of piperidine rings is 1. The lowest BCUT2D eigenvalue weighted by molar-refractivity contribution is -0.126. The Labute approximate surface area is 200 Å². The average molecular weight is 472 g/mol. The first-order chi connectivity index (χ1) is 16.1. The van der Waals surface area contributed by atoms with Gasteiger partial charge in [0.1, 0.15) is 16.5 Å². The van der Waals surface area contributed by atoms with Crippen molar-refractivity contribution in [3.8, 4) is 0 Å². The Morgan fingerprint density at radius 3 is 2.64 bits per heavy atom. The monoisotopic (exact) mass is 471 g/mol. The molecule has 180 valence electrons. The topological polar surface area (TPSA) is 70.6 Å². The lowest BCUT2D eigenvalue weighted by Crippen LogP contribution is -2.46. The van der Waals surface area contributed by atoms with E-state index in [-0.39, 0.29) is 11.8 Å². The van der Waals surface area contributed by atoms with Crippen LogP contribution in [0.2, 0.25) is 0 Å². The highest BCUT2D eigenvalue weighted by molar-refractivity contribution is 7.18. The maximum Gasteiger partial charge on any atom is 0.225 e. The van der Waals surface area contributed by atoms with Crippen LogP contribution in [-0.2, 0) is 16.1 Å². The molecule has 2 aromatic heterocycles. The summed E-state index contributed by atoms with van der Waals surface area (Å²) in [6, 6.07) is 0.370. The molecule has 4 heterocycles. The van der Waals surface area contributed by atoms with Gasteiger partial charge in [0, 0.05) is 37.1 Å². The van der Waals surface area contributed by atoms with Crippen LogP contribution in [0.15, 0.2) is 0 Å². The number of fused-ring (bicyclic) bond motifs is 1. The number of aryl methyl sites for hydroxylation is 2. The van der Waals surface area contributed by atoms with E-state index in [9.17, 15) is 4.79 Å². The summed E-state index contributed by atoms with van der Waals surface area (Å²) < 4.78 is 5.51. The summed E-state index contributed by atoms with van der Waals surface area (Å²) >= 11 is 1.76. The SMILES string of the molecule is Cc1sc2nc(CN3CCOCC3)nc(N3CCCC(C(=O)NC4CCCCC4)C3)c2c1C. The van der Waals surface area contributed by atoms with Gasteiger partial charge in [-0.05, 0) is 45.1 Å². The second-order valence-electron chi connectivity index (χ2n) is 9.94. The highest BCUT2D eigenvalue weighted by Gasteiger charge is 2.30. The van der Waals surface area contributed by atoms with E-state index in [2.05, 4.69) is 29.0 Å². The number of nitrogens with zero attached hydrogens (tertiary/aromatic N) is 4. The lowest BCUT2D eigenvalue weighted by Gasteiger charge is -2.35. The predicted octanol–water partition coefficient (Wildman–Crippen LogP) is 3.81. The molecule has 0 spiro atoms. The van der Waals surface area contributed by atoms with Crippen LogP contribution < -0.4 is 10.2 Å². The van der Waals surface area contributed by atoms with E-state index in [4.69, 9.17) is 14.7 Å². The zero-order chi connectivity index (χ0) is 22.8. The molecular formula is C25H37N5O2S. The number of thiophene rings is 1. The smallest absolute Gasteiger partial charge is 0.225 e. The molecule has 1 aliphatic carbocycles. The van der Waals surface area contributed by atoms with E-state index >= 15 is 0 Å². The minimum atomic E-state index is 0.0356. The summed E-state index contributed by atoms with van der Waals surface area (Å²) in [6.07, 6.45) is 8.03. The van der Waals surface area contributed by atoms with Crippen molar-refractivity contribution < 1.29 is 9.53 Å². The van der Waals surface area contributed by atoms with E-state index in [0.29, 0.717) is 6.04 Å². The van der Waals surface area contributed by atoms with Gasteiger partial charge in [-0.25, -0.2) is 9.97 Å². The average Bonchev–Trinajstić information content (AvgIpc) is 3.13. The highest BCUT2D eigenvalue weighted by Crippen LogP contribution is 2.36. The van der Waals surface area contributed by atoms with Crippen molar-refractivity contribution in [2.75, 3.05) is 44.3 Å². The van der Waals surface area contributed by atoms with E-state index < -0.39 is 0 Å². The van der Waals surface area contributed by atoms with Gasteiger partial charge in [0.2, 0.25) is 5.91 Å². The third-order valence-corrected chi connectivity index (χ3v) is 8.67. The van der Waals surface area contributed by atoms with Crippen molar-refractivity contribution in [3.05, 3.63) is 16.3 Å². The van der Waals surface area contributed by atoms with Gasteiger partial charge in [0.15, 0.2) is 0 Å². The minimum absolute atomic E-state index is 0.0356. The van der Waals surface area contributed by atoms with Gasteiger partial charge in [-0.3, -0.25) is 9.69 Å². The molecule has 33 heavy (non-hydrogen) atoms. The molecule has 1 atom stereocenters. The van der Waals surface area contributed by atoms with Gasteiger partial charge < -0.3 is 15.0 Å². The first-order valence-electron chi connectivity index (χ1n) is 12.7. The standard InChI is InChI=1S/C25H37N5O2S/c1-17-18(2)33-25-22(17)23(27-21(28-25)16-29-11-13-32-14-12-29)30-10-6-7-19(15-30)24(31)26-20-8-4-3-5-9-20/h19-20H,3-16H2,1-2H3,(H,26,31). The first-order valence-corrected chi connectivity index (χ1v) is 13.5. The van der Waals surface area contributed by atoms with Crippen LogP contribution in [-0.4, -0.2) is 66.2 Å². The van der Waals surface area contributed by atoms with Crippen LogP contribution in [0.25, 0.3) is 10.2 Å². The van der Waals surface area contributed by atoms with Gasteiger partial charge in [-0.1, -0.05) is 19.3 Å². The highest BCUT2D eigenvalue weighted by atomic mass is 32.1. The Balaban J connectivity index is 1.38. The number of hydrogen-bond acceptors (Lipinski definition) is 7. The molecule has 5 rings (SSSR count). The summed E-state index contributed by atoms with van der Waals surface area (Å²) in [6.45, 7) is 10.2. The zero-order valence-corrected chi connectivity index (χ0v) is 20.9. The summed E-state index contributed by atoms with van der Waals surface area (Å²) in [5.41, 5.74) is 1.27. The van der Waals surface area contributed by atoms with Crippen molar-refractivity contribution >= 4 is 33.3 Å². The van der Waals surface area contributed by atoms with Crippen molar-refractivity contribution in [1.82, 2.24) is 20.2 Å². The molecule has 3 fully saturated rings. The van der Waals surface area contributed by atoms with Crippen LogP contribution in [0.3, 0.4) is 0 Å². The van der Waals surface area contributed by atoms with Crippen molar-refractivity contribution in [3.63, 3.8) is 0 Å². The molecule has 1 saturated carbocycles. The van der Waals surface area contributed by atoms with Crippen LogP contribution in [0.1, 0.15) is 61.2 Å². The van der Waals surface area contributed by atoms with E-state index in [1.54, 1.807) is 11.3 Å². The maximum absolute atomic E-state index is 13.1. The number of anilines is 1. The number of aromatic nitrogens is 2. The van der Waals surface area contributed by atoms with Crippen molar-refractivity contribution in [2.45, 2.75) is 71.4 Å². The van der Waals surface area contributed by atoms with E-state index in [0.717, 1.165) is 88.1 Å². The molecule has 8 heteroatoms. The van der Waals surface area contributed by atoms with Crippen LogP contribution in [0, 0.1) is 19.8 Å². The van der Waals surface area contributed by atoms with Crippen LogP contribution >= 0.6 is 11.3 Å². The van der Waals surface area contributed by atoms with Crippen molar-refractivity contribution in [1.29, 1.82) is 0 Å². The number of morpholine rings is 1. The molecule has 1 N–H and O–H groups in total. The number of hydrogen-bond donors (Lipinski definition) is 1. The molecule has 0 radical (unpaired) electrons. The van der Waals surface area contributed by atoms with Crippen LogP contribution in [0.4, 0.5) is 5.82 Å². The second-order valence-corrected chi connectivity index (χ2v) is 11.1. The molecule has 0 aromatic carbocycles. The fourth-order valence-corrected chi connectivity index (χ4v) is 6.52. The lowest BCUT2D eigenvalue weighted by atomic mass is 9.93. The third kappa shape index (κ3) is 5.17. The number of carbonyl (C=O) groups is 1. The Kier molecular flexibility index (Phi) is 7.13. The number of nitrogens with one attached hydrogen (secondary N) is 1. The number of carbonyl (C=O) groups excluding carboxylic acids is 1. The molecular weight excluding hydrogens is 434 g/mol. The number of amides is 1. The number of ether oxygens (including phenoxy) is 1. The quantitative estimate of drug-likeness (QED) is 0.715. The van der Waals surface area contributed by atoms with Gasteiger partial charge >= 0.3 is 0 Å². The minimum Gasteiger partial charge on any atom is -0.379 e. The largest absolute Gasteiger partial charge is 0.379 e. The maximum atomic E-state index is 13.1. The molecule has 2 aliphatic heterocycles. The molecule has 3 aliphatic rings. The molecule has 1 amide bonds. The Morgan fingerprint density at radius 2 is 1.85 bits per heavy atom. The van der Waals surface area contributed by atoms with Gasteiger partial charge in [0.25, 0.3) is 0 Å². The van der Waals surface area contributed by atoms with Gasteiger partial charge in [-0.15, -0.1) is 11.3 Å². The van der Waals surface area contributed by atoms with Gasteiger partial charge in [0.05, 0.1) is 31.1 Å². The van der Waals surface area contributed by atoms with Gasteiger partial charge in [-0.2, -0.15) is 0 Å². The second kappa shape index (κ2) is 10.2. The molecule has 2 aromatic rings. The van der Waals surface area contributed by atoms with Crippen molar-refractivity contribution in [2.24, 2.45) is 5.92 Å². The normalized spacial score (nSPS) is 23.2. The van der Waals surface area contributed by atoms with Crippen LogP contribution in [0.5, 0.6) is 0 Å². The Bertz CT molecular complexity index is 981. The van der Waals surface area contributed by atoms with E-state index in [1.165, 1.54) is 35.1 Å². The number of rotatable bonds is 5. The summed E-state index contributed by atoms with van der Waals surface area (Å²) in [5, 5.41) is 4.54. The zero-order valence-electron chi connectivity index (χ0n) is 20.1. The van der Waals surface area contributed by atoms with E-state index in [1.807, 2.05) is 0 Å². The predicted molar refractivity (Wildman–Crippen MR) is 133 cm³/mol. The fourth-order valence-electron chi connectivity index (χ4n) is 5.48. The molecule has 1 unspecified atom stereocenters. The summed E-state index contributed by atoms with van der Waals surface area (Å²) in [7, 11) is 0. The fraction of sp³-hybridized carbons (Fsp3) is 0.720. The Morgan fingerprint density at radius 1 is 1.06 bits per heavy atom. The molecule has 2 saturated heterocycles. The molecule has 7 nitrogen and oxygen atoms in total. The summed E-state index contributed by atoms with van der Waals surface area (Å²) in [4.78, 5) is 30.3. The first kappa shape index (κ1) is 23.0. The molecule has 0 bridgehead atoms.